The molecule has 1 aliphatic heterocycles. The summed E-state index contributed by atoms with van der Waals surface area (Å²) in [5.74, 6) is 0.930. The van der Waals surface area contributed by atoms with E-state index in [4.69, 9.17) is 17.3 Å². The topological polar surface area (TPSA) is 75.4 Å². The van der Waals surface area contributed by atoms with E-state index in [2.05, 4.69) is 20.9 Å². The van der Waals surface area contributed by atoms with E-state index in [1.54, 1.807) is 6.07 Å². The van der Waals surface area contributed by atoms with Gasteiger partial charge in [-0.25, -0.2) is 4.98 Å². The van der Waals surface area contributed by atoms with Crippen molar-refractivity contribution in [2.45, 2.75) is 13.8 Å². The Bertz CT molecular complexity index is 731. The van der Waals surface area contributed by atoms with Gasteiger partial charge in [-0.15, -0.1) is 0 Å². The maximum absolute atomic E-state index is 12.7. The van der Waals surface area contributed by atoms with Crippen molar-refractivity contribution < 1.29 is 4.79 Å². The van der Waals surface area contributed by atoms with E-state index >= 15 is 0 Å². The third kappa shape index (κ3) is 3.59. The third-order valence-electron chi connectivity index (χ3n) is 4.06. The summed E-state index contributed by atoms with van der Waals surface area (Å²) in [6, 6.07) is 7.64. The number of nitrogens with zero attached hydrogens (tertiary/aromatic N) is 4. The van der Waals surface area contributed by atoms with Crippen LogP contribution in [0, 0.1) is 13.8 Å². The molecule has 3 rings (SSSR count). The number of hydrogen-bond acceptors (Lipinski definition) is 5. The number of rotatable bonds is 2. The van der Waals surface area contributed by atoms with Crippen LogP contribution in [0.15, 0.2) is 24.3 Å². The average Bonchev–Trinajstić information content (AvgIpc) is 2.52. The summed E-state index contributed by atoms with van der Waals surface area (Å²) in [7, 11) is 0. The van der Waals surface area contributed by atoms with Crippen molar-refractivity contribution >= 4 is 29.3 Å². The van der Waals surface area contributed by atoms with E-state index < -0.39 is 0 Å². The van der Waals surface area contributed by atoms with Crippen LogP contribution in [0.3, 0.4) is 0 Å². The van der Waals surface area contributed by atoms with Crippen molar-refractivity contribution in [1.82, 2.24) is 14.9 Å². The standard InChI is InChI=1S/C17H20ClN5O/c1-11-7-12(2)9-13(8-11)16(24)23-5-3-22(4-6-23)15-10-14(18)20-17(19)21-15/h7-10H,3-6H2,1-2H3,(H2,19,20,21). The zero-order valence-electron chi connectivity index (χ0n) is 13.8. The van der Waals surface area contributed by atoms with Gasteiger partial charge in [0.2, 0.25) is 5.95 Å². The number of piperazine rings is 1. The van der Waals surface area contributed by atoms with Crippen molar-refractivity contribution in [2.75, 3.05) is 36.8 Å². The summed E-state index contributed by atoms with van der Waals surface area (Å²) in [5, 5.41) is 0.325. The molecule has 0 spiro atoms. The molecule has 2 heterocycles. The van der Waals surface area contributed by atoms with Gasteiger partial charge < -0.3 is 15.5 Å². The highest BCUT2D eigenvalue weighted by Crippen LogP contribution is 2.20. The molecule has 1 aromatic heterocycles. The summed E-state index contributed by atoms with van der Waals surface area (Å²) in [6.45, 7) is 6.64. The molecule has 0 bridgehead atoms. The van der Waals surface area contributed by atoms with Gasteiger partial charge in [0.05, 0.1) is 0 Å². The van der Waals surface area contributed by atoms with Gasteiger partial charge in [-0.2, -0.15) is 4.98 Å². The second kappa shape index (κ2) is 6.65. The summed E-state index contributed by atoms with van der Waals surface area (Å²) >= 11 is 5.94. The molecular formula is C17H20ClN5O. The van der Waals surface area contributed by atoms with E-state index in [9.17, 15) is 4.79 Å². The van der Waals surface area contributed by atoms with Gasteiger partial charge in [0.1, 0.15) is 11.0 Å². The fourth-order valence-corrected chi connectivity index (χ4v) is 3.19. The third-order valence-corrected chi connectivity index (χ3v) is 4.25. The highest BCUT2D eigenvalue weighted by atomic mass is 35.5. The van der Waals surface area contributed by atoms with Crippen molar-refractivity contribution in [3.63, 3.8) is 0 Å². The van der Waals surface area contributed by atoms with E-state index in [-0.39, 0.29) is 11.9 Å². The minimum absolute atomic E-state index is 0.0710. The van der Waals surface area contributed by atoms with Crippen LogP contribution in [0.4, 0.5) is 11.8 Å². The molecule has 1 aliphatic rings. The van der Waals surface area contributed by atoms with Gasteiger partial charge in [-0.1, -0.05) is 28.8 Å². The molecule has 1 aromatic carbocycles. The fraction of sp³-hybridized carbons (Fsp3) is 0.353. The molecule has 0 unspecified atom stereocenters. The predicted molar refractivity (Wildman–Crippen MR) is 95.5 cm³/mol. The zero-order valence-corrected chi connectivity index (χ0v) is 14.5. The Morgan fingerprint density at radius 3 is 2.25 bits per heavy atom. The highest BCUT2D eigenvalue weighted by molar-refractivity contribution is 6.29. The van der Waals surface area contributed by atoms with Gasteiger partial charge >= 0.3 is 0 Å². The van der Waals surface area contributed by atoms with E-state index in [0.29, 0.717) is 37.1 Å². The maximum Gasteiger partial charge on any atom is 0.253 e. The second-order valence-corrected chi connectivity index (χ2v) is 6.45. The first-order valence-electron chi connectivity index (χ1n) is 7.85. The summed E-state index contributed by atoms with van der Waals surface area (Å²) in [5.41, 5.74) is 8.59. The lowest BCUT2D eigenvalue weighted by atomic mass is 10.1. The molecule has 126 valence electrons. The van der Waals surface area contributed by atoms with Crippen LogP contribution in [0.25, 0.3) is 0 Å². The Hall–Kier alpha value is -2.34. The molecule has 1 amide bonds. The maximum atomic E-state index is 12.7. The van der Waals surface area contributed by atoms with Crippen LogP contribution in [0.1, 0.15) is 21.5 Å². The van der Waals surface area contributed by atoms with Crippen LogP contribution in [0.2, 0.25) is 5.15 Å². The van der Waals surface area contributed by atoms with Gasteiger partial charge in [0, 0.05) is 37.8 Å². The summed E-state index contributed by atoms with van der Waals surface area (Å²) in [4.78, 5) is 24.7. The Labute approximate surface area is 146 Å². The van der Waals surface area contributed by atoms with Gasteiger partial charge in [-0.05, 0) is 26.0 Å². The highest BCUT2D eigenvalue weighted by Gasteiger charge is 2.23. The number of hydrogen-bond donors (Lipinski definition) is 1. The molecule has 7 heteroatoms. The van der Waals surface area contributed by atoms with Crippen LogP contribution >= 0.6 is 11.6 Å². The lowest BCUT2D eigenvalue weighted by Crippen LogP contribution is -2.49. The molecule has 1 fully saturated rings. The number of carbonyl (C=O) groups is 1. The first-order valence-corrected chi connectivity index (χ1v) is 8.23. The number of carbonyl (C=O) groups excluding carboxylic acids is 1. The number of nitrogen functional groups attached to an aromatic ring is 1. The molecule has 6 nitrogen and oxygen atoms in total. The minimum Gasteiger partial charge on any atom is -0.368 e. The SMILES string of the molecule is Cc1cc(C)cc(C(=O)N2CCN(c3cc(Cl)nc(N)n3)CC2)c1. The van der Waals surface area contributed by atoms with Crippen LogP contribution < -0.4 is 10.6 Å². The molecule has 0 aliphatic carbocycles. The second-order valence-electron chi connectivity index (χ2n) is 6.06. The minimum atomic E-state index is 0.0710. The Balaban J connectivity index is 1.69. The van der Waals surface area contributed by atoms with E-state index in [0.717, 1.165) is 16.7 Å². The van der Waals surface area contributed by atoms with Crippen molar-refractivity contribution in [3.8, 4) is 0 Å². The zero-order chi connectivity index (χ0) is 17.3. The molecule has 1 saturated heterocycles. The first kappa shape index (κ1) is 16.5. The van der Waals surface area contributed by atoms with Gasteiger partial charge in [0.15, 0.2) is 0 Å². The molecule has 2 N–H and O–H groups in total. The van der Waals surface area contributed by atoms with Gasteiger partial charge in [0.25, 0.3) is 5.91 Å². The largest absolute Gasteiger partial charge is 0.368 e. The molecule has 0 atom stereocenters. The van der Waals surface area contributed by atoms with Crippen LogP contribution in [-0.4, -0.2) is 47.0 Å². The number of anilines is 2. The molecule has 0 saturated carbocycles. The normalized spacial score (nSPS) is 14.8. The number of aryl methyl sites for hydroxylation is 2. The van der Waals surface area contributed by atoms with Crippen LogP contribution in [-0.2, 0) is 0 Å². The Morgan fingerprint density at radius 2 is 1.67 bits per heavy atom. The predicted octanol–water partition coefficient (Wildman–Crippen LogP) is 2.29. The monoisotopic (exact) mass is 345 g/mol. The first-order chi connectivity index (χ1) is 11.4. The number of amides is 1. The lowest BCUT2D eigenvalue weighted by Gasteiger charge is -2.35. The smallest absolute Gasteiger partial charge is 0.253 e. The van der Waals surface area contributed by atoms with E-state index in [1.165, 1.54) is 0 Å². The molecule has 2 aromatic rings. The van der Waals surface area contributed by atoms with Crippen molar-refractivity contribution in [1.29, 1.82) is 0 Å². The Kier molecular flexibility index (Phi) is 4.57. The summed E-state index contributed by atoms with van der Waals surface area (Å²) in [6.07, 6.45) is 0. The Morgan fingerprint density at radius 1 is 1.04 bits per heavy atom. The van der Waals surface area contributed by atoms with Gasteiger partial charge in [-0.3, -0.25) is 4.79 Å². The number of nitrogens with two attached hydrogens (primary N) is 1. The number of aromatic nitrogens is 2. The van der Waals surface area contributed by atoms with Crippen molar-refractivity contribution in [2.24, 2.45) is 0 Å². The van der Waals surface area contributed by atoms with Crippen LogP contribution in [0.5, 0.6) is 0 Å². The fourth-order valence-electron chi connectivity index (χ4n) is 3.00. The number of halogens is 1. The number of benzene rings is 1. The van der Waals surface area contributed by atoms with Crippen molar-refractivity contribution in [3.05, 3.63) is 46.1 Å². The molecular weight excluding hydrogens is 326 g/mol. The molecule has 0 radical (unpaired) electrons. The van der Waals surface area contributed by atoms with E-state index in [1.807, 2.05) is 30.9 Å². The summed E-state index contributed by atoms with van der Waals surface area (Å²) < 4.78 is 0. The average molecular weight is 346 g/mol. The molecule has 24 heavy (non-hydrogen) atoms. The quantitative estimate of drug-likeness (QED) is 0.845. The lowest BCUT2D eigenvalue weighted by molar-refractivity contribution is 0.0746.